The number of nitrogens with zero attached hydrogens (tertiary/aromatic N) is 2. The summed E-state index contributed by atoms with van der Waals surface area (Å²) in [7, 11) is 6.74. The van der Waals surface area contributed by atoms with Gasteiger partial charge in [0.15, 0.2) is 11.5 Å². The summed E-state index contributed by atoms with van der Waals surface area (Å²) in [6.07, 6.45) is 0. The minimum absolute atomic E-state index is 0.0393. The van der Waals surface area contributed by atoms with Gasteiger partial charge in [-0.05, 0) is 61.5 Å². The van der Waals surface area contributed by atoms with Gasteiger partial charge in [-0.15, -0.1) is 0 Å². The molecular formula is C28H34N2O7. The third-order valence-electron chi connectivity index (χ3n) is 6.21. The summed E-state index contributed by atoms with van der Waals surface area (Å²) >= 11 is 0. The number of benzene rings is 2. The molecule has 2 aromatic carbocycles. The maximum Gasteiger partial charge on any atom is 0.308 e. The predicted octanol–water partition coefficient (Wildman–Crippen LogP) is 3.74. The Labute approximate surface area is 217 Å². The quantitative estimate of drug-likeness (QED) is 0.179. The molecule has 3 rings (SSSR count). The Morgan fingerprint density at radius 1 is 1.03 bits per heavy atom. The molecule has 198 valence electrons. The van der Waals surface area contributed by atoms with Gasteiger partial charge in [0.1, 0.15) is 11.5 Å². The third kappa shape index (κ3) is 5.77. The Morgan fingerprint density at radius 2 is 1.68 bits per heavy atom. The zero-order valence-electron chi connectivity index (χ0n) is 22.3. The van der Waals surface area contributed by atoms with Gasteiger partial charge in [0.05, 0.1) is 25.8 Å². The van der Waals surface area contributed by atoms with Crippen LogP contribution in [0.25, 0.3) is 5.76 Å². The lowest BCUT2D eigenvalue weighted by Gasteiger charge is -2.27. The number of likely N-dealkylation sites (tertiary alicyclic amines) is 1. The molecule has 0 radical (unpaired) electrons. The van der Waals surface area contributed by atoms with Crippen LogP contribution in [0.4, 0.5) is 0 Å². The Bertz CT molecular complexity index is 1230. The van der Waals surface area contributed by atoms with E-state index in [1.165, 1.54) is 18.9 Å². The Kier molecular flexibility index (Phi) is 8.60. The van der Waals surface area contributed by atoms with E-state index in [-0.39, 0.29) is 29.5 Å². The van der Waals surface area contributed by atoms with Gasteiger partial charge < -0.3 is 29.1 Å². The van der Waals surface area contributed by atoms with Crippen LogP contribution in [0.1, 0.15) is 49.4 Å². The molecule has 1 aliphatic rings. The highest BCUT2D eigenvalue weighted by Crippen LogP contribution is 2.42. The summed E-state index contributed by atoms with van der Waals surface area (Å²) in [6.45, 7) is 6.00. The lowest BCUT2D eigenvalue weighted by molar-refractivity contribution is -0.140. The number of ether oxygens (including phenoxy) is 3. The van der Waals surface area contributed by atoms with Crippen molar-refractivity contribution >= 4 is 23.4 Å². The second kappa shape index (κ2) is 11.5. The van der Waals surface area contributed by atoms with Crippen LogP contribution >= 0.6 is 0 Å². The van der Waals surface area contributed by atoms with Crippen LogP contribution in [0.3, 0.4) is 0 Å². The number of hydrogen-bond donors (Lipinski definition) is 1. The highest BCUT2D eigenvalue weighted by atomic mass is 16.6. The fourth-order valence-electron chi connectivity index (χ4n) is 4.35. The summed E-state index contributed by atoms with van der Waals surface area (Å²) in [4.78, 5) is 41.5. The van der Waals surface area contributed by atoms with Crippen molar-refractivity contribution in [3.05, 3.63) is 58.7 Å². The number of aliphatic hydroxyl groups excluding tert-OH is 1. The zero-order valence-corrected chi connectivity index (χ0v) is 22.3. The molecule has 1 atom stereocenters. The van der Waals surface area contributed by atoms with Crippen molar-refractivity contribution in [1.29, 1.82) is 0 Å². The number of methoxy groups -OCH3 is 2. The van der Waals surface area contributed by atoms with Gasteiger partial charge in [-0.3, -0.25) is 14.4 Å². The SMILES string of the molecule is COc1ccc(C2/C(=C(\O)c3ccc(OC)c(C(C)C)c3)C(=O)C(=O)N2CCN(C)C)cc1OC(C)=O. The molecule has 0 bridgehead atoms. The van der Waals surface area contributed by atoms with E-state index in [1.807, 2.05) is 32.8 Å². The average molecular weight is 511 g/mol. The summed E-state index contributed by atoms with van der Waals surface area (Å²) in [6, 6.07) is 9.10. The predicted molar refractivity (Wildman–Crippen MR) is 139 cm³/mol. The average Bonchev–Trinajstić information content (AvgIpc) is 3.10. The van der Waals surface area contributed by atoms with Gasteiger partial charge >= 0.3 is 5.97 Å². The van der Waals surface area contributed by atoms with Crippen LogP contribution in [0.5, 0.6) is 17.2 Å². The number of hydrogen-bond acceptors (Lipinski definition) is 8. The van der Waals surface area contributed by atoms with Gasteiger partial charge in [-0.2, -0.15) is 0 Å². The van der Waals surface area contributed by atoms with Gasteiger partial charge in [-0.1, -0.05) is 19.9 Å². The van der Waals surface area contributed by atoms with Gasteiger partial charge in [0.25, 0.3) is 11.7 Å². The maximum absolute atomic E-state index is 13.3. The number of carbonyl (C=O) groups excluding carboxylic acids is 3. The number of carbonyl (C=O) groups is 3. The van der Waals surface area contributed by atoms with Crippen LogP contribution in [-0.2, 0) is 14.4 Å². The number of rotatable bonds is 9. The summed E-state index contributed by atoms with van der Waals surface area (Å²) in [5.74, 6) is -1.10. The lowest BCUT2D eigenvalue weighted by atomic mass is 9.93. The van der Waals surface area contributed by atoms with E-state index in [2.05, 4.69) is 0 Å². The van der Waals surface area contributed by atoms with Crippen molar-refractivity contribution in [2.24, 2.45) is 0 Å². The topological polar surface area (TPSA) is 106 Å². The Morgan fingerprint density at radius 3 is 2.24 bits per heavy atom. The Balaban J connectivity index is 2.24. The molecule has 1 N–H and O–H groups in total. The van der Waals surface area contributed by atoms with Crippen molar-refractivity contribution in [3.8, 4) is 17.2 Å². The third-order valence-corrected chi connectivity index (χ3v) is 6.21. The molecule has 1 fully saturated rings. The first-order valence-corrected chi connectivity index (χ1v) is 12.0. The number of likely N-dealkylation sites (N-methyl/N-ethyl adjacent to an activating group) is 1. The standard InChI is InChI=1S/C28H34N2O7/c1-16(2)20-14-19(9-10-21(20)35-6)26(32)24-25(30(13-12-29(4)5)28(34)27(24)33)18-8-11-22(36-7)23(15-18)37-17(3)31/h8-11,14-16,25,32H,12-13H2,1-7H3/b26-24+. The van der Waals surface area contributed by atoms with Crippen LogP contribution in [-0.4, -0.2) is 74.0 Å². The monoisotopic (exact) mass is 510 g/mol. The van der Waals surface area contributed by atoms with Gasteiger partial charge in [0.2, 0.25) is 0 Å². The smallest absolute Gasteiger partial charge is 0.308 e. The Hall–Kier alpha value is -3.85. The summed E-state index contributed by atoms with van der Waals surface area (Å²) in [5, 5.41) is 11.4. The summed E-state index contributed by atoms with van der Waals surface area (Å²) < 4.78 is 16.1. The normalized spacial score (nSPS) is 17.0. The highest BCUT2D eigenvalue weighted by molar-refractivity contribution is 6.46. The van der Waals surface area contributed by atoms with Gasteiger partial charge in [-0.25, -0.2) is 0 Å². The summed E-state index contributed by atoms with van der Waals surface area (Å²) in [5.41, 5.74) is 1.71. The maximum atomic E-state index is 13.3. The van der Waals surface area contributed by atoms with E-state index < -0.39 is 23.7 Å². The fraction of sp³-hybridized carbons (Fsp3) is 0.393. The minimum atomic E-state index is -0.898. The zero-order chi connectivity index (χ0) is 27.4. The van der Waals surface area contributed by atoms with E-state index >= 15 is 0 Å². The molecule has 0 spiro atoms. The number of amides is 1. The van der Waals surface area contributed by atoms with Crippen molar-refractivity contribution in [3.63, 3.8) is 0 Å². The van der Waals surface area contributed by atoms with Crippen LogP contribution < -0.4 is 14.2 Å². The highest BCUT2D eigenvalue weighted by Gasteiger charge is 2.46. The van der Waals surface area contributed by atoms with E-state index in [9.17, 15) is 19.5 Å². The number of Topliss-reactive ketones (excluding diaryl/α,β-unsaturated/α-hetero) is 1. The molecule has 1 aliphatic heterocycles. The molecule has 0 aromatic heterocycles. The van der Waals surface area contributed by atoms with Gasteiger partial charge in [0, 0.05) is 25.6 Å². The van der Waals surface area contributed by atoms with Crippen LogP contribution in [0.15, 0.2) is 42.0 Å². The lowest BCUT2D eigenvalue weighted by Crippen LogP contribution is -2.35. The minimum Gasteiger partial charge on any atom is -0.507 e. The molecule has 1 unspecified atom stereocenters. The molecule has 2 aromatic rings. The second-order valence-corrected chi connectivity index (χ2v) is 9.41. The van der Waals surface area contributed by atoms with E-state index in [4.69, 9.17) is 14.2 Å². The molecule has 1 amide bonds. The van der Waals surface area contributed by atoms with Crippen molar-refractivity contribution in [2.75, 3.05) is 41.4 Å². The fourth-order valence-corrected chi connectivity index (χ4v) is 4.35. The van der Waals surface area contributed by atoms with Crippen molar-refractivity contribution < 1.29 is 33.7 Å². The number of aliphatic hydroxyl groups is 1. The number of esters is 1. The second-order valence-electron chi connectivity index (χ2n) is 9.41. The molecule has 1 heterocycles. The van der Waals surface area contributed by atoms with Crippen molar-refractivity contribution in [2.45, 2.75) is 32.7 Å². The van der Waals surface area contributed by atoms with Crippen molar-refractivity contribution in [1.82, 2.24) is 9.80 Å². The molecular weight excluding hydrogens is 476 g/mol. The molecule has 9 heteroatoms. The van der Waals surface area contributed by atoms with Crippen LogP contribution in [0.2, 0.25) is 0 Å². The first-order valence-electron chi connectivity index (χ1n) is 12.0. The largest absolute Gasteiger partial charge is 0.507 e. The first-order chi connectivity index (χ1) is 17.5. The van der Waals surface area contributed by atoms with Crippen LogP contribution in [0, 0.1) is 0 Å². The molecule has 0 saturated carbocycles. The molecule has 0 aliphatic carbocycles. The first kappa shape index (κ1) is 27.7. The van der Waals surface area contributed by atoms with E-state index in [0.717, 1.165) is 5.56 Å². The van der Waals surface area contributed by atoms with E-state index in [0.29, 0.717) is 29.2 Å². The number of ketones is 1. The molecule has 9 nitrogen and oxygen atoms in total. The molecule has 1 saturated heterocycles. The molecule has 37 heavy (non-hydrogen) atoms. The van der Waals surface area contributed by atoms with E-state index in [1.54, 1.807) is 43.5 Å².